The van der Waals surface area contributed by atoms with Crippen molar-refractivity contribution in [1.29, 1.82) is 0 Å². The molecule has 3 aliphatic rings. The molecule has 0 amide bonds. The minimum Gasteiger partial charge on any atom is -0.370 e. The number of nitrogens with zero attached hydrogens (tertiary/aromatic N) is 4. The average Bonchev–Trinajstić information content (AvgIpc) is 3.17. The smallest absolute Gasteiger partial charge is 0.221 e. The van der Waals surface area contributed by atoms with E-state index in [0.29, 0.717) is 6.10 Å². The van der Waals surface area contributed by atoms with Crippen LogP contribution >= 0.6 is 0 Å². The molecule has 3 heterocycles. The number of rotatable bonds is 3. The van der Waals surface area contributed by atoms with Gasteiger partial charge in [0.15, 0.2) is 0 Å². The fourth-order valence-electron chi connectivity index (χ4n) is 4.55. The number of hydrogen-bond donors (Lipinski definition) is 1. The van der Waals surface area contributed by atoms with Crippen LogP contribution in [0.15, 0.2) is 6.33 Å². The third-order valence-electron chi connectivity index (χ3n) is 5.89. The van der Waals surface area contributed by atoms with Crippen LogP contribution in [-0.4, -0.2) is 64.5 Å². The van der Waals surface area contributed by atoms with E-state index in [1.54, 1.807) is 6.33 Å². The molecule has 4 rings (SSSR count). The standard InChI is InChI=1S/C17H29N5O/c1-2-4-7-17(6-3-1)8-5-15(23-17)13-21-9-11-22(12-10-21)16-18-14-19-20-16/h14-15H,1-13H2,(H,18,19,20). The first kappa shape index (κ1) is 15.4. The van der Waals surface area contributed by atoms with Gasteiger partial charge in [0.1, 0.15) is 6.33 Å². The monoisotopic (exact) mass is 319 g/mol. The van der Waals surface area contributed by atoms with Crippen molar-refractivity contribution in [2.45, 2.75) is 63.1 Å². The third kappa shape index (κ3) is 3.53. The van der Waals surface area contributed by atoms with Gasteiger partial charge in [0.25, 0.3) is 0 Å². The Morgan fingerprint density at radius 3 is 2.57 bits per heavy atom. The van der Waals surface area contributed by atoms with E-state index in [2.05, 4.69) is 25.0 Å². The van der Waals surface area contributed by atoms with Gasteiger partial charge in [-0.3, -0.25) is 4.90 Å². The molecule has 2 saturated heterocycles. The maximum absolute atomic E-state index is 6.59. The Morgan fingerprint density at radius 1 is 1.09 bits per heavy atom. The lowest BCUT2D eigenvalue weighted by molar-refractivity contribution is -0.0606. The molecule has 23 heavy (non-hydrogen) atoms. The van der Waals surface area contributed by atoms with Crippen molar-refractivity contribution in [1.82, 2.24) is 20.1 Å². The Kier molecular flexibility index (Phi) is 4.53. The summed E-state index contributed by atoms with van der Waals surface area (Å²) in [6.07, 6.45) is 12.7. The van der Waals surface area contributed by atoms with Crippen LogP contribution in [0, 0.1) is 0 Å². The molecule has 0 aromatic carbocycles. The zero-order chi connectivity index (χ0) is 15.5. The van der Waals surface area contributed by atoms with Crippen molar-refractivity contribution < 1.29 is 4.74 Å². The number of nitrogens with one attached hydrogen (secondary N) is 1. The second-order valence-corrected chi connectivity index (χ2v) is 7.47. The summed E-state index contributed by atoms with van der Waals surface area (Å²) in [5.41, 5.74) is 0.239. The second kappa shape index (κ2) is 6.77. The van der Waals surface area contributed by atoms with E-state index in [4.69, 9.17) is 4.74 Å². The van der Waals surface area contributed by atoms with E-state index in [9.17, 15) is 0 Å². The largest absolute Gasteiger partial charge is 0.370 e. The van der Waals surface area contributed by atoms with Gasteiger partial charge in [0.05, 0.1) is 11.7 Å². The van der Waals surface area contributed by atoms with Gasteiger partial charge in [-0.15, -0.1) is 0 Å². The first-order chi connectivity index (χ1) is 11.3. The van der Waals surface area contributed by atoms with E-state index in [-0.39, 0.29) is 5.60 Å². The summed E-state index contributed by atoms with van der Waals surface area (Å²) in [6.45, 7) is 5.33. The highest BCUT2D eigenvalue weighted by Crippen LogP contribution is 2.41. The van der Waals surface area contributed by atoms with Crippen molar-refractivity contribution in [2.24, 2.45) is 0 Å². The Labute approximate surface area is 138 Å². The van der Waals surface area contributed by atoms with Gasteiger partial charge < -0.3 is 9.64 Å². The molecule has 1 aromatic heterocycles. The molecule has 1 saturated carbocycles. The Morgan fingerprint density at radius 2 is 1.87 bits per heavy atom. The van der Waals surface area contributed by atoms with E-state index < -0.39 is 0 Å². The molecular weight excluding hydrogens is 290 g/mol. The molecular formula is C17H29N5O. The van der Waals surface area contributed by atoms with Crippen LogP contribution in [0.3, 0.4) is 0 Å². The van der Waals surface area contributed by atoms with Crippen molar-refractivity contribution in [3.8, 4) is 0 Å². The van der Waals surface area contributed by atoms with Gasteiger partial charge in [-0.05, 0) is 25.7 Å². The second-order valence-electron chi connectivity index (χ2n) is 7.47. The summed E-state index contributed by atoms with van der Waals surface area (Å²) in [4.78, 5) is 9.10. The minimum absolute atomic E-state index is 0.239. The number of anilines is 1. The lowest BCUT2D eigenvalue weighted by atomic mass is 9.91. The summed E-state index contributed by atoms with van der Waals surface area (Å²) in [5, 5.41) is 6.91. The molecule has 1 aromatic rings. The number of aromatic amines is 1. The van der Waals surface area contributed by atoms with Crippen LogP contribution in [0.25, 0.3) is 0 Å². The molecule has 128 valence electrons. The molecule has 1 unspecified atom stereocenters. The number of aromatic nitrogens is 3. The third-order valence-corrected chi connectivity index (χ3v) is 5.89. The average molecular weight is 319 g/mol. The molecule has 6 nitrogen and oxygen atoms in total. The molecule has 1 atom stereocenters. The molecule has 3 fully saturated rings. The molecule has 1 spiro atoms. The Bertz CT molecular complexity index is 475. The molecule has 6 heteroatoms. The van der Waals surface area contributed by atoms with Gasteiger partial charge in [0.2, 0.25) is 5.95 Å². The van der Waals surface area contributed by atoms with E-state index >= 15 is 0 Å². The fraction of sp³-hybridized carbons (Fsp3) is 0.882. The van der Waals surface area contributed by atoms with Crippen LogP contribution in [0.5, 0.6) is 0 Å². The Balaban J connectivity index is 1.25. The lowest BCUT2D eigenvalue weighted by Crippen LogP contribution is -2.49. The van der Waals surface area contributed by atoms with Crippen LogP contribution in [0.1, 0.15) is 51.4 Å². The number of H-pyrrole nitrogens is 1. The summed E-state index contributed by atoms with van der Waals surface area (Å²) >= 11 is 0. The number of hydrogen-bond acceptors (Lipinski definition) is 5. The lowest BCUT2D eigenvalue weighted by Gasteiger charge is -2.36. The molecule has 0 radical (unpaired) electrons. The summed E-state index contributed by atoms with van der Waals surface area (Å²) in [7, 11) is 0. The molecule has 1 N–H and O–H groups in total. The van der Waals surface area contributed by atoms with Crippen LogP contribution in [-0.2, 0) is 4.74 Å². The van der Waals surface area contributed by atoms with Crippen LogP contribution in [0.2, 0.25) is 0 Å². The highest BCUT2D eigenvalue weighted by molar-refractivity contribution is 5.27. The highest BCUT2D eigenvalue weighted by atomic mass is 16.5. The predicted octanol–water partition coefficient (Wildman–Crippen LogP) is 2.20. The minimum atomic E-state index is 0.239. The van der Waals surface area contributed by atoms with Crippen LogP contribution < -0.4 is 4.90 Å². The number of piperazine rings is 1. The van der Waals surface area contributed by atoms with Crippen molar-refractivity contribution >= 4 is 5.95 Å². The Hall–Kier alpha value is -1.14. The van der Waals surface area contributed by atoms with Crippen molar-refractivity contribution in [3.63, 3.8) is 0 Å². The summed E-state index contributed by atoms with van der Waals surface area (Å²) < 4.78 is 6.59. The zero-order valence-corrected chi connectivity index (χ0v) is 14.0. The normalized spacial score (nSPS) is 29.0. The van der Waals surface area contributed by atoms with Gasteiger partial charge in [-0.1, -0.05) is 25.7 Å². The SMILES string of the molecule is c1n[nH]c(N2CCN(CC3CCC4(CCCCCC4)O3)CC2)n1. The molecule has 0 bridgehead atoms. The van der Waals surface area contributed by atoms with Crippen molar-refractivity contribution in [2.75, 3.05) is 37.6 Å². The van der Waals surface area contributed by atoms with Gasteiger partial charge in [-0.2, -0.15) is 10.1 Å². The quantitative estimate of drug-likeness (QED) is 0.925. The van der Waals surface area contributed by atoms with E-state index in [1.807, 2.05) is 0 Å². The first-order valence-corrected chi connectivity index (χ1v) is 9.34. The number of ether oxygens (including phenoxy) is 1. The topological polar surface area (TPSA) is 57.3 Å². The fourth-order valence-corrected chi connectivity index (χ4v) is 4.55. The molecule has 1 aliphatic carbocycles. The predicted molar refractivity (Wildman–Crippen MR) is 89.6 cm³/mol. The van der Waals surface area contributed by atoms with E-state index in [1.165, 1.54) is 51.4 Å². The summed E-state index contributed by atoms with van der Waals surface area (Å²) in [6, 6.07) is 0. The highest BCUT2D eigenvalue weighted by Gasteiger charge is 2.40. The van der Waals surface area contributed by atoms with Crippen LogP contribution in [0.4, 0.5) is 5.95 Å². The maximum atomic E-state index is 6.59. The first-order valence-electron chi connectivity index (χ1n) is 9.34. The molecule has 2 aliphatic heterocycles. The van der Waals surface area contributed by atoms with Gasteiger partial charge in [-0.25, -0.2) is 5.10 Å². The van der Waals surface area contributed by atoms with Gasteiger partial charge in [0, 0.05) is 32.7 Å². The van der Waals surface area contributed by atoms with Gasteiger partial charge >= 0.3 is 0 Å². The zero-order valence-electron chi connectivity index (χ0n) is 14.0. The maximum Gasteiger partial charge on any atom is 0.221 e. The van der Waals surface area contributed by atoms with Crippen molar-refractivity contribution in [3.05, 3.63) is 6.33 Å². The summed E-state index contributed by atoms with van der Waals surface area (Å²) in [5.74, 6) is 0.902. The van der Waals surface area contributed by atoms with E-state index in [0.717, 1.165) is 38.7 Å².